The number of benzene rings is 1. The first kappa shape index (κ1) is 26.2. The summed E-state index contributed by atoms with van der Waals surface area (Å²) >= 11 is 23.5. The molecule has 0 saturated carbocycles. The van der Waals surface area contributed by atoms with Crippen molar-refractivity contribution in [2.24, 2.45) is 5.16 Å². The van der Waals surface area contributed by atoms with Gasteiger partial charge in [0, 0.05) is 31.4 Å². The van der Waals surface area contributed by atoms with Gasteiger partial charge in [0.2, 0.25) is 0 Å². The number of hydrogen-bond donors (Lipinski definition) is 0. The van der Waals surface area contributed by atoms with Crippen molar-refractivity contribution in [1.82, 2.24) is 0 Å². The lowest BCUT2D eigenvalue weighted by atomic mass is 10.2. The molecular formula is C20H27Cl4NO4. The number of halogens is 4. The Morgan fingerprint density at radius 3 is 2.28 bits per heavy atom. The first-order chi connectivity index (χ1) is 13.7. The van der Waals surface area contributed by atoms with Crippen molar-refractivity contribution in [3.8, 4) is 11.5 Å². The zero-order valence-electron chi connectivity index (χ0n) is 16.9. The van der Waals surface area contributed by atoms with Gasteiger partial charge in [0.15, 0.2) is 5.75 Å². The van der Waals surface area contributed by atoms with E-state index in [1.807, 2.05) is 20.8 Å². The minimum atomic E-state index is -0.271. The highest BCUT2D eigenvalue weighted by Gasteiger charge is 2.11. The summed E-state index contributed by atoms with van der Waals surface area (Å²) in [5.74, 6) is 0.936. The molecule has 164 valence electrons. The molecule has 0 fully saturated rings. The van der Waals surface area contributed by atoms with Gasteiger partial charge in [0.25, 0.3) is 0 Å². The molecule has 0 radical (unpaired) electrons. The van der Waals surface area contributed by atoms with Crippen LogP contribution < -0.4 is 9.47 Å². The molecule has 0 aliphatic carbocycles. The van der Waals surface area contributed by atoms with Crippen LogP contribution in [0.5, 0.6) is 11.5 Å². The lowest BCUT2D eigenvalue weighted by Gasteiger charge is -2.14. The number of oxime groups is 1. The first-order valence-corrected chi connectivity index (χ1v) is 10.7. The van der Waals surface area contributed by atoms with E-state index >= 15 is 0 Å². The molecule has 0 N–H and O–H groups in total. The van der Waals surface area contributed by atoms with E-state index in [1.54, 1.807) is 18.3 Å². The van der Waals surface area contributed by atoms with Gasteiger partial charge in [-0.1, -0.05) is 51.6 Å². The second kappa shape index (κ2) is 14.2. The SMILES string of the molecule is CC(C)(C)ON=CCCOCCCCOc1c(Cl)cc(OCC=C(Cl)Cl)cc1Cl. The molecule has 0 aliphatic rings. The molecule has 0 bridgehead atoms. The van der Waals surface area contributed by atoms with E-state index in [0.717, 1.165) is 12.8 Å². The van der Waals surface area contributed by atoms with Crippen LogP contribution >= 0.6 is 46.4 Å². The standard InChI is InChI=1S/C20H27Cl4NO4/c1-20(2,3)29-25-8-6-10-26-9-4-5-11-28-19-16(21)13-15(14-17(19)22)27-12-7-18(23)24/h7-8,13-14H,4-6,9-12H2,1-3H3. The quantitative estimate of drug-likeness (QED) is 0.170. The maximum atomic E-state index is 6.22. The molecule has 0 aromatic heterocycles. The van der Waals surface area contributed by atoms with Gasteiger partial charge >= 0.3 is 0 Å². The fourth-order valence-electron chi connectivity index (χ4n) is 1.93. The zero-order valence-corrected chi connectivity index (χ0v) is 19.9. The maximum Gasteiger partial charge on any atom is 0.156 e. The van der Waals surface area contributed by atoms with E-state index < -0.39 is 0 Å². The van der Waals surface area contributed by atoms with Crippen LogP contribution in [0, 0.1) is 0 Å². The molecule has 0 spiro atoms. The highest BCUT2D eigenvalue weighted by atomic mass is 35.5. The number of ether oxygens (including phenoxy) is 3. The van der Waals surface area contributed by atoms with Crippen molar-refractivity contribution in [2.45, 2.75) is 45.6 Å². The van der Waals surface area contributed by atoms with E-state index in [0.29, 0.717) is 47.8 Å². The second-order valence-electron chi connectivity index (χ2n) is 6.97. The fraction of sp³-hybridized carbons (Fsp3) is 0.550. The highest BCUT2D eigenvalue weighted by molar-refractivity contribution is 6.55. The van der Waals surface area contributed by atoms with Crippen molar-refractivity contribution in [3.63, 3.8) is 0 Å². The second-order valence-corrected chi connectivity index (χ2v) is 8.79. The summed E-state index contributed by atoms with van der Waals surface area (Å²) in [4.78, 5) is 5.24. The molecular weight excluding hydrogens is 460 g/mol. The molecule has 0 aliphatic heterocycles. The number of nitrogens with zero attached hydrogens (tertiary/aromatic N) is 1. The van der Waals surface area contributed by atoms with Crippen molar-refractivity contribution >= 4 is 52.6 Å². The van der Waals surface area contributed by atoms with Gasteiger partial charge in [-0.3, -0.25) is 0 Å². The lowest BCUT2D eigenvalue weighted by Crippen LogP contribution is -2.15. The normalized spacial score (nSPS) is 11.6. The third-order valence-corrected chi connectivity index (χ3v) is 4.05. The largest absolute Gasteiger partial charge is 0.490 e. The summed E-state index contributed by atoms with van der Waals surface area (Å²) in [6.07, 6.45) is 5.61. The van der Waals surface area contributed by atoms with Gasteiger partial charge in [-0.25, -0.2) is 0 Å². The maximum absolute atomic E-state index is 6.22. The van der Waals surface area contributed by atoms with Crippen LogP contribution in [-0.2, 0) is 9.57 Å². The van der Waals surface area contributed by atoms with Crippen LogP contribution in [0.1, 0.15) is 40.0 Å². The average molecular weight is 487 g/mol. The Morgan fingerprint density at radius 2 is 1.66 bits per heavy atom. The third-order valence-electron chi connectivity index (χ3n) is 3.18. The van der Waals surface area contributed by atoms with E-state index in [1.165, 1.54) is 6.08 Å². The Morgan fingerprint density at radius 1 is 1.00 bits per heavy atom. The fourth-order valence-corrected chi connectivity index (χ4v) is 2.63. The van der Waals surface area contributed by atoms with Gasteiger partial charge in [0.1, 0.15) is 22.4 Å². The van der Waals surface area contributed by atoms with Gasteiger partial charge in [0.05, 0.1) is 23.3 Å². The molecule has 0 heterocycles. The third kappa shape index (κ3) is 13.1. The van der Waals surface area contributed by atoms with Crippen LogP contribution in [0.4, 0.5) is 0 Å². The van der Waals surface area contributed by atoms with Crippen molar-refractivity contribution in [2.75, 3.05) is 26.4 Å². The summed E-state index contributed by atoms with van der Waals surface area (Å²) in [6.45, 7) is 7.77. The molecule has 0 atom stereocenters. The molecule has 1 aromatic rings. The van der Waals surface area contributed by atoms with Crippen molar-refractivity contribution < 1.29 is 19.0 Å². The Balaban J connectivity index is 2.20. The number of hydrogen-bond acceptors (Lipinski definition) is 5. The van der Waals surface area contributed by atoms with Crippen LogP contribution in [0.3, 0.4) is 0 Å². The molecule has 5 nitrogen and oxygen atoms in total. The van der Waals surface area contributed by atoms with Crippen LogP contribution in [0.25, 0.3) is 0 Å². The monoisotopic (exact) mass is 485 g/mol. The molecule has 0 unspecified atom stereocenters. The average Bonchev–Trinajstić information content (AvgIpc) is 2.60. The van der Waals surface area contributed by atoms with E-state index in [2.05, 4.69) is 5.16 Å². The summed E-state index contributed by atoms with van der Waals surface area (Å²) in [5.41, 5.74) is -0.271. The summed E-state index contributed by atoms with van der Waals surface area (Å²) in [6, 6.07) is 3.26. The lowest BCUT2D eigenvalue weighted by molar-refractivity contribution is 0.00128. The van der Waals surface area contributed by atoms with Crippen molar-refractivity contribution in [3.05, 3.63) is 32.7 Å². The molecule has 9 heteroatoms. The van der Waals surface area contributed by atoms with Crippen LogP contribution in [-0.4, -0.2) is 38.2 Å². The van der Waals surface area contributed by atoms with Crippen LogP contribution in [0.15, 0.2) is 27.9 Å². The van der Waals surface area contributed by atoms with Crippen molar-refractivity contribution in [1.29, 1.82) is 0 Å². The topological polar surface area (TPSA) is 49.3 Å². The highest BCUT2D eigenvalue weighted by Crippen LogP contribution is 2.37. The zero-order chi connectivity index (χ0) is 21.7. The smallest absolute Gasteiger partial charge is 0.156 e. The van der Waals surface area contributed by atoms with Gasteiger partial charge in [-0.2, -0.15) is 0 Å². The first-order valence-electron chi connectivity index (χ1n) is 9.22. The molecule has 29 heavy (non-hydrogen) atoms. The Labute approximate surface area is 192 Å². The van der Waals surface area contributed by atoms with Gasteiger partial charge < -0.3 is 19.0 Å². The number of unbranched alkanes of at least 4 members (excludes halogenated alkanes) is 1. The van der Waals surface area contributed by atoms with E-state index in [9.17, 15) is 0 Å². The predicted molar refractivity (Wildman–Crippen MR) is 121 cm³/mol. The summed E-state index contributed by atoms with van der Waals surface area (Å²) in [5, 5.41) is 4.65. The van der Waals surface area contributed by atoms with E-state index in [4.69, 9.17) is 65.5 Å². The molecule has 0 amide bonds. The van der Waals surface area contributed by atoms with E-state index in [-0.39, 0.29) is 16.7 Å². The van der Waals surface area contributed by atoms with Gasteiger partial charge in [-0.05, 0) is 39.7 Å². The summed E-state index contributed by atoms with van der Waals surface area (Å²) < 4.78 is 16.8. The number of rotatable bonds is 13. The van der Waals surface area contributed by atoms with Gasteiger partial charge in [-0.15, -0.1) is 0 Å². The minimum absolute atomic E-state index is 0.133. The minimum Gasteiger partial charge on any atom is -0.490 e. The molecule has 1 aromatic carbocycles. The van der Waals surface area contributed by atoms with Crippen LogP contribution in [0.2, 0.25) is 10.0 Å². The summed E-state index contributed by atoms with van der Waals surface area (Å²) in [7, 11) is 0. The Kier molecular flexibility index (Phi) is 12.8. The Hall–Kier alpha value is -0.850. The Bertz CT molecular complexity index is 648. The predicted octanol–water partition coefficient (Wildman–Crippen LogP) is 7.06. The molecule has 0 saturated heterocycles. The molecule has 1 rings (SSSR count).